The van der Waals surface area contributed by atoms with Gasteiger partial charge in [-0.25, -0.2) is 4.98 Å². The van der Waals surface area contributed by atoms with Crippen LogP contribution in [-0.2, 0) is 4.74 Å². The predicted molar refractivity (Wildman–Crippen MR) is 107 cm³/mol. The van der Waals surface area contributed by atoms with Gasteiger partial charge in [-0.05, 0) is 31.5 Å². The lowest BCUT2D eigenvalue weighted by Crippen LogP contribution is -2.14. The Balaban J connectivity index is 1.94. The minimum Gasteiger partial charge on any atom is -0.383 e. The third kappa shape index (κ3) is 3.15. The van der Waals surface area contributed by atoms with Crippen LogP contribution in [0.3, 0.4) is 0 Å². The molecule has 0 amide bonds. The van der Waals surface area contributed by atoms with Crippen molar-refractivity contribution in [1.82, 2.24) is 14.7 Å². The fraction of sp³-hybridized carbons (Fsp3) is 0.273. The summed E-state index contributed by atoms with van der Waals surface area (Å²) in [5.41, 5.74) is 5.95. The number of hydrogen-bond acceptors (Lipinski definition) is 4. The van der Waals surface area contributed by atoms with Gasteiger partial charge in [0.2, 0.25) is 0 Å². The molecular formula is C22H23N3O2. The van der Waals surface area contributed by atoms with Gasteiger partial charge in [0.15, 0.2) is 5.58 Å². The quantitative estimate of drug-likeness (QED) is 0.470. The summed E-state index contributed by atoms with van der Waals surface area (Å²) in [6, 6.07) is 16.7. The van der Waals surface area contributed by atoms with Gasteiger partial charge in [0.1, 0.15) is 0 Å². The summed E-state index contributed by atoms with van der Waals surface area (Å²) in [6.45, 7) is 4.77. The second-order valence-electron chi connectivity index (χ2n) is 6.71. The molecule has 0 aliphatic carbocycles. The van der Waals surface area contributed by atoms with E-state index in [1.165, 1.54) is 0 Å². The Morgan fingerprint density at radius 1 is 1.11 bits per heavy atom. The summed E-state index contributed by atoms with van der Waals surface area (Å²) in [5, 5.41) is 5.11. The lowest BCUT2D eigenvalue weighted by atomic mass is 10.0. The van der Waals surface area contributed by atoms with Gasteiger partial charge < -0.3 is 13.8 Å². The smallest absolute Gasteiger partial charge is 0.167 e. The molecule has 0 bridgehead atoms. The Kier molecular flexibility index (Phi) is 4.77. The molecule has 0 unspecified atom stereocenters. The number of nitrogens with zero attached hydrogens (tertiary/aromatic N) is 3. The van der Waals surface area contributed by atoms with E-state index in [0.717, 1.165) is 45.6 Å². The lowest BCUT2D eigenvalue weighted by Gasteiger charge is -2.19. The molecule has 0 saturated heterocycles. The molecule has 5 heteroatoms. The summed E-state index contributed by atoms with van der Waals surface area (Å²) < 4.78 is 13.1. The van der Waals surface area contributed by atoms with Gasteiger partial charge in [-0.3, -0.25) is 0 Å². The van der Waals surface area contributed by atoms with Crippen molar-refractivity contribution in [3.05, 3.63) is 60.6 Å². The molecule has 0 N–H and O–H groups in total. The second-order valence-corrected chi connectivity index (χ2v) is 6.71. The maximum atomic E-state index is 5.46. The van der Waals surface area contributed by atoms with Crippen molar-refractivity contribution in [2.75, 3.05) is 13.7 Å². The van der Waals surface area contributed by atoms with Gasteiger partial charge in [-0.1, -0.05) is 42.4 Å². The van der Waals surface area contributed by atoms with E-state index in [9.17, 15) is 0 Å². The molecule has 2 heterocycles. The molecule has 2 aromatic carbocycles. The lowest BCUT2D eigenvalue weighted by molar-refractivity contribution is 0.154. The van der Waals surface area contributed by atoms with Crippen LogP contribution in [0.5, 0.6) is 0 Å². The van der Waals surface area contributed by atoms with Gasteiger partial charge in [0.05, 0.1) is 36.1 Å². The van der Waals surface area contributed by atoms with Crippen LogP contribution in [0.4, 0.5) is 0 Å². The highest BCUT2D eigenvalue weighted by Crippen LogP contribution is 2.35. The van der Waals surface area contributed by atoms with Crippen molar-refractivity contribution < 1.29 is 9.26 Å². The van der Waals surface area contributed by atoms with Crippen LogP contribution in [0.1, 0.15) is 25.1 Å². The van der Waals surface area contributed by atoms with Crippen molar-refractivity contribution in [1.29, 1.82) is 0 Å². The molecule has 0 aliphatic rings. The molecule has 138 valence electrons. The van der Waals surface area contributed by atoms with E-state index in [-0.39, 0.29) is 6.04 Å². The number of methoxy groups -OCH3 is 1. The number of rotatable bonds is 6. The number of fused-ring (bicyclic) bond motifs is 1. The molecule has 0 fully saturated rings. The van der Waals surface area contributed by atoms with E-state index in [1.54, 1.807) is 7.11 Å². The van der Waals surface area contributed by atoms with Crippen molar-refractivity contribution in [2.45, 2.75) is 26.3 Å². The van der Waals surface area contributed by atoms with Crippen LogP contribution < -0.4 is 0 Å². The molecule has 0 aliphatic heterocycles. The second kappa shape index (κ2) is 7.37. The Bertz CT molecular complexity index is 1050. The molecule has 0 radical (unpaired) electrons. The highest BCUT2D eigenvalue weighted by molar-refractivity contribution is 5.88. The van der Waals surface area contributed by atoms with Crippen LogP contribution in [0.2, 0.25) is 0 Å². The molecule has 0 saturated carbocycles. The van der Waals surface area contributed by atoms with E-state index in [4.69, 9.17) is 14.2 Å². The van der Waals surface area contributed by atoms with E-state index < -0.39 is 0 Å². The number of benzene rings is 2. The third-order valence-corrected chi connectivity index (χ3v) is 4.99. The maximum Gasteiger partial charge on any atom is 0.167 e. The number of hydrogen-bond donors (Lipinski definition) is 0. The summed E-state index contributed by atoms with van der Waals surface area (Å²) in [4.78, 5) is 4.77. The minimum absolute atomic E-state index is 0.217. The minimum atomic E-state index is 0.217. The molecule has 27 heavy (non-hydrogen) atoms. The number of imidazole rings is 1. The summed E-state index contributed by atoms with van der Waals surface area (Å²) in [5.74, 6) is 0. The Labute approximate surface area is 158 Å². The van der Waals surface area contributed by atoms with E-state index >= 15 is 0 Å². The van der Waals surface area contributed by atoms with Crippen LogP contribution >= 0.6 is 0 Å². The molecule has 1 atom stereocenters. The van der Waals surface area contributed by atoms with E-state index in [2.05, 4.69) is 40.9 Å². The highest BCUT2D eigenvalue weighted by atomic mass is 16.5. The fourth-order valence-corrected chi connectivity index (χ4v) is 3.52. The van der Waals surface area contributed by atoms with Crippen LogP contribution in [0.15, 0.2) is 59.4 Å². The van der Waals surface area contributed by atoms with E-state index in [0.29, 0.717) is 6.61 Å². The fourth-order valence-electron chi connectivity index (χ4n) is 3.52. The molecule has 4 rings (SSSR count). The van der Waals surface area contributed by atoms with Crippen molar-refractivity contribution in [2.24, 2.45) is 0 Å². The standard InChI is InChI=1S/C22H23N3O2/c1-4-18(13-26-3)25-14-23-21(16-8-6-5-7-9-16)22(25)17-10-11-20-19(12-17)15(2)24-27-20/h5-12,14,18H,4,13H2,1-3H3/t18-/m1/s1. The molecular weight excluding hydrogens is 338 g/mol. The SMILES string of the molecule is CC[C@H](COC)n1cnc(-c2ccccc2)c1-c1ccc2onc(C)c2c1. The summed E-state index contributed by atoms with van der Waals surface area (Å²) >= 11 is 0. The van der Waals surface area contributed by atoms with Crippen LogP contribution in [-0.4, -0.2) is 28.4 Å². The zero-order valence-corrected chi connectivity index (χ0v) is 15.8. The van der Waals surface area contributed by atoms with Crippen molar-refractivity contribution in [3.8, 4) is 22.5 Å². The molecule has 2 aromatic heterocycles. The first kappa shape index (κ1) is 17.5. The molecule has 5 nitrogen and oxygen atoms in total. The Hall–Kier alpha value is -2.92. The van der Waals surface area contributed by atoms with Gasteiger partial charge >= 0.3 is 0 Å². The van der Waals surface area contributed by atoms with Crippen molar-refractivity contribution >= 4 is 11.0 Å². The van der Waals surface area contributed by atoms with Gasteiger partial charge in [-0.2, -0.15) is 0 Å². The maximum absolute atomic E-state index is 5.46. The number of ether oxygens (including phenoxy) is 1. The Morgan fingerprint density at radius 3 is 2.67 bits per heavy atom. The first-order valence-corrected chi connectivity index (χ1v) is 9.20. The van der Waals surface area contributed by atoms with Crippen LogP contribution in [0, 0.1) is 6.92 Å². The van der Waals surface area contributed by atoms with Crippen molar-refractivity contribution in [3.63, 3.8) is 0 Å². The average Bonchev–Trinajstić information content (AvgIpc) is 3.31. The Morgan fingerprint density at radius 2 is 1.93 bits per heavy atom. The number of aromatic nitrogens is 3. The molecule has 4 aromatic rings. The zero-order valence-electron chi connectivity index (χ0n) is 15.8. The normalized spacial score (nSPS) is 12.6. The topological polar surface area (TPSA) is 53.1 Å². The highest BCUT2D eigenvalue weighted by Gasteiger charge is 2.20. The summed E-state index contributed by atoms with van der Waals surface area (Å²) in [6.07, 6.45) is 2.88. The first-order chi connectivity index (χ1) is 13.2. The molecule has 0 spiro atoms. The van der Waals surface area contributed by atoms with Gasteiger partial charge in [0.25, 0.3) is 0 Å². The largest absolute Gasteiger partial charge is 0.383 e. The predicted octanol–water partition coefficient (Wildman–Crippen LogP) is 5.26. The monoisotopic (exact) mass is 361 g/mol. The zero-order chi connectivity index (χ0) is 18.8. The average molecular weight is 361 g/mol. The van der Waals surface area contributed by atoms with Crippen LogP contribution in [0.25, 0.3) is 33.5 Å². The number of aryl methyl sites for hydroxylation is 1. The van der Waals surface area contributed by atoms with E-state index in [1.807, 2.05) is 37.5 Å². The first-order valence-electron chi connectivity index (χ1n) is 9.20. The van der Waals surface area contributed by atoms with Gasteiger partial charge in [-0.15, -0.1) is 0 Å². The third-order valence-electron chi connectivity index (χ3n) is 4.99. The van der Waals surface area contributed by atoms with Gasteiger partial charge in [0, 0.05) is 23.6 Å². The summed E-state index contributed by atoms with van der Waals surface area (Å²) in [7, 11) is 1.74.